The summed E-state index contributed by atoms with van der Waals surface area (Å²) in [5.41, 5.74) is 1.32. The van der Waals surface area contributed by atoms with Gasteiger partial charge in [0.05, 0.1) is 0 Å². The maximum absolute atomic E-state index is 4.04. The molecule has 1 saturated carbocycles. The van der Waals surface area contributed by atoms with Crippen LogP contribution in [0, 0.1) is 5.92 Å². The average molecular weight is 209 g/mol. The van der Waals surface area contributed by atoms with Crippen LogP contribution in [0.15, 0.2) is 12.2 Å². The molecule has 0 saturated heterocycles. The zero-order valence-electron chi connectivity index (χ0n) is 10.5. The summed E-state index contributed by atoms with van der Waals surface area (Å²) >= 11 is 0. The van der Waals surface area contributed by atoms with Crippen molar-refractivity contribution < 1.29 is 0 Å². The van der Waals surface area contributed by atoms with E-state index in [1.54, 1.807) is 0 Å². The van der Waals surface area contributed by atoms with E-state index < -0.39 is 0 Å². The molecular weight excluding hydrogens is 182 g/mol. The van der Waals surface area contributed by atoms with E-state index in [4.69, 9.17) is 0 Å². The quantitative estimate of drug-likeness (QED) is 0.692. The van der Waals surface area contributed by atoms with Crippen molar-refractivity contribution in [1.29, 1.82) is 0 Å². The number of hydrogen-bond acceptors (Lipinski definition) is 1. The molecule has 0 aliphatic heterocycles. The molecule has 0 aromatic rings. The Morgan fingerprint density at radius 3 is 2.20 bits per heavy atom. The third-order valence-electron chi connectivity index (χ3n) is 3.66. The Kier molecular flexibility index (Phi) is 6.00. The molecule has 1 heteroatoms. The van der Waals surface area contributed by atoms with E-state index in [9.17, 15) is 0 Å². The summed E-state index contributed by atoms with van der Waals surface area (Å²) in [6, 6.07) is 0.667. The maximum Gasteiger partial charge on any atom is 0.0129 e. The van der Waals surface area contributed by atoms with Gasteiger partial charge in [0.2, 0.25) is 0 Å². The largest absolute Gasteiger partial charge is 0.316 e. The fourth-order valence-electron chi connectivity index (χ4n) is 2.77. The van der Waals surface area contributed by atoms with E-state index in [1.165, 1.54) is 50.5 Å². The third-order valence-corrected chi connectivity index (χ3v) is 3.66. The van der Waals surface area contributed by atoms with E-state index in [0.717, 1.165) is 12.3 Å². The normalized spacial score (nSPS) is 21.7. The Morgan fingerprint density at radius 1 is 1.20 bits per heavy atom. The van der Waals surface area contributed by atoms with Crippen molar-refractivity contribution >= 4 is 0 Å². The van der Waals surface area contributed by atoms with Gasteiger partial charge in [-0.15, -0.1) is 6.58 Å². The van der Waals surface area contributed by atoms with E-state index >= 15 is 0 Å². The molecule has 1 fully saturated rings. The lowest BCUT2D eigenvalue weighted by Gasteiger charge is -2.28. The highest BCUT2D eigenvalue weighted by atomic mass is 14.9. The first-order chi connectivity index (χ1) is 7.24. The second kappa shape index (κ2) is 7.05. The minimum atomic E-state index is 0.667. The van der Waals surface area contributed by atoms with Gasteiger partial charge in [-0.2, -0.15) is 0 Å². The molecule has 0 spiro atoms. The highest BCUT2D eigenvalue weighted by molar-refractivity contribution is 4.94. The fraction of sp³-hybridized carbons (Fsp3) is 0.857. The summed E-state index contributed by atoms with van der Waals surface area (Å²) in [6.45, 7) is 6.19. The van der Waals surface area contributed by atoms with Crippen molar-refractivity contribution in [1.82, 2.24) is 5.32 Å². The van der Waals surface area contributed by atoms with Crippen LogP contribution in [0.3, 0.4) is 0 Å². The fourth-order valence-corrected chi connectivity index (χ4v) is 2.77. The van der Waals surface area contributed by atoms with E-state index in [0.29, 0.717) is 6.04 Å². The van der Waals surface area contributed by atoms with Crippen LogP contribution in [-0.2, 0) is 0 Å². The molecule has 0 amide bonds. The molecule has 1 rings (SSSR count). The molecule has 15 heavy (non-hydrogen) atoms. The SMILES string of the molecule is C=C(C)CC(NC)C1CCCCCCC1. The van der Waals surface area contributed by atoms with E-state index in [1.807, 2.05) is 0 Å². The molecule has 1 N–H and O–H groups in total. The first-order valence-electron chi connectivity index (χ1n) is 6.55. The molecule has 0 aromatic carbocycles. The first kappa shape index (κ1) is 12.8. The van der Waals surface area contributed by atoms with Gasteiger partial charge in [0.15, 0.2) is 0 Å². The van der Waals surface area contributed by atoms with Crippen molar-refractivity contribution in [2.75, 3.05) is 7.05 Å². The summed E-state index contributed by atoms with van der Waals surface area (Å²) in [5, 5.41) is 3.49. The predicted molar refractivity (Wildman–Crippen MR) is 68.1 cm³/mol. The topological polar surface area (TPSA) is 12.0 Å². The van der Waals surface area contributed by atoms with Crippen LogP contribution in [-0.4, -0.2) is 13.1 Å². The standard InChI is InChI=1S/C14H27N/c1-12(2)11-14(15-3)13-9-7-5-4-6-8-10-13/h13-15H,1,4-11H2,2-3H3. The van der Waals surface area contributed by atoms with Crippen molar-refractivity contribution in [2.45, 2.75) is 64.3 Å². The molecule has 1 atom stereocenters. The van der Waals surface area contributed by atoms with Crippen molar-refractivity contribution in [3.63, 3.8) is 0 Å². The summed E-state index contributed by atoms with van der Waals surface area (Å²) < 4.78 is 0. The van der Waals surface area contributed by atoms with Crippen LogP contribution in [0.25, 0.3) is 0 Å². The van der Waals surface area contributed by atoms with Crippen molar-refractivity contribution in [3.05, 3.63) is 12.2 Å². The highest BCUT2D eigenvalue weighted by Crippen LogP contribution is 2.27. The first-order valence-corrected chi connectivity index (χ1v) is 6.55. The lowest BCUT2D eigenvalue weighted by Crippen LogP contribution is -2.34. The minimum Gasteiger partial charge on any atom is -0.316 e. The monoisotopic (exact) mass is 209 g/mol. The lowest BCUT2D eigenvalue weighted by atomic mass is 9.83. The zero-order valence-corrected chi connectivity index (χ0v) is 10.5. The Hall–Kier alpha value is -0.300. The number of rotatable bonds is 4. The Balaban J connectivity index is 2.44. The van der Waals surface area contributed by atoms with Gasteiger partial charge in [0, 0.05) is 6.04 Å². The zero-order chi connectivity index (χ0) is 11.1. The molecule has 0 radical (unpaired) electrons. The van der Waals surface area contributed by atoms with Gasteiger partial charge in [-0.25, -0.2) is 0 Å². The van der Waals surface area contributed by atoms with Gasteiger partial charge in [-0.1, -0.05) is 37.7 Å². The molecule has 1 aliphatic carbocycles. The van der Waals surface area contributed by atoms with Crippen molar-refractivity contribution in [3.8, 4) is 0 Å². The summed E-state index contributed by atoms with van der Waals surface area (Å²) in [6.07, 6.45) is 11.2. The average Bonchev–Trinajstić information content (AvgIpc) is 2.14. The molecule has 1 aliphatic rings. The highest BCUT2D eigenvalue weighted by Gasteiger charge is 2.20. The summed E-state index contributed by atoms with van der Waals surface area (Å²) in [5.74, 6) is 0.881. The van der Waals surface area contributed by atoms with Gasteiger partial charge >= 0.3 is 0 Å². The van der Waals surface area contributed by atoms with Crippen LogP contribution in [0.1, 0.15) is 58.3 Å². The summed E-state index contributed by atoms with van der Waals surface area (Å²) in [4.78, 5) is 0. The Bertz CT molecular complexity index is 178. The number of hydrogen-bond donors (Lipinski definition) is 1. The second-order valence-electron chi connectivity index (χ2n) is 5.16. The van der Waals surface area contributed by atoms with Crippen LogP contribution in [0.4, 0.5) is 0 Å². The van der Waals surface area contributed by atoms with E-state index in [-0.39, 0.29) is 0 Å². The van der Waals surface area contributed by atoms with Crippen LogP contribution >= 0.6 is 0 Å². The third kappa shape index (κ3) is 4.83. The van der Waals surface area contributed by atoms with Gasteiger partial charge in [0.1, 0.15) is 0 Å². The summed E-state index contributed by atoms with van der Waals surface area (Å²) in [7, 11) is 2.10. The van der Waals surface area contributed by atoms with Crippen LogP contribution in [0.2, 0.25) is 0 Å². The Morgan fingerprint density at radius 2 is 1.73 bits per heavy atom. The maximum atomic E-state index is 4.04. The molecular formula is C14H27N. The molecule has 1 unspecified atom stereocenters. The minimum absolute atomic E-state index is 0.667. The van der Waals surface area contributed by atoms with E-state index in [2.05, 4.69) is 25.9 Å². The van der Waals surface area contributed by atoms with Gasteiger partial charge in [-0.05, 0) is 39.2 Å². The molecule has 0 bridgehead atoms. The number of nitrogens with one attached hydrogen (secondary N) is 1. The van der Waals surface area contributed by atoms with Gasteiger partial charge in [0.25, 0.3) is 0 Å². The molecule has 88 valence electrons. The van der Waals surface area contributed by atoms with Crippen LogP contribution < -0.4 is 5.32 Å². The van der Waals surface area contributed by atoms with Crippen molar-refractivity contribution in [2.24, 2.45) is 5.92 Å². The molecule has 0 heterocycles. The van der Waals surface area contributed by atoms with Gasteiger partial charge < -0.3 is 5.32 Å². The smallest absolute Gasteiger partial charge is 0.0129 e. The molecule has 0 aromatic heterocycles. The van der Waals surface area contributed by atoms with Gasteiger partial charge in [-0.3, -0.25) is 0 Å². The lowest BCUT2D eigenvalue weighted by molar-refractivity contribution is 0.293. The Labute approximate surface area is 95.3 Å². The molecule has 1 nitrogen and oxygen atoms in total. The van der Waals surface area contributed by atoms with Crippen LogP contribution in [0.5, 0.6) is 0 Å². The second-order valence-corrected chi connectivity index (χ2v) is 5.16. The predicted octanol–water partition coefficient (Wildman–Crippen LogP) is 3.90.